The summed E-state index contributed by atoms with van der Waals surface area (Å²) in [5, 5.41) is 2.53. The summed E-state index contributed by atoms with van der Waals surface area (Å²) >= 11 is 3.17. The SMILES string of the molecule is COc1ccc([C@@H](CC(=O)Nc2ccc(Br)cc2F)N(C)S(=O)(=O)c2ccccc2)cc1. The number of nitrogens with one attached hydrogen (secondary N) is 1. The Morgan fingerprint density at radius 3 is 2.34 bits per heavy atom. The Morgan fingerprint density at radius 1 is 1.09 bits per heavy atom. The minimum atomic E-state index is -3.89. The Morgan fingerprint density at radius 2 is 1.75 bits per heavy atom. The van der Waals surface area contributed by atoms with Crippen LogP contribution < -0.4 is 10.1 Å². The molecule has 0 bridgehead atoms. The number of sulfonamides is 1. The van der Waals surface area contributed by atoms with Crippen LogP contribution >= 0.6 is 15.9 Å². The highest BCUT2D eigenvalue weighted by molar-refractivity contribution is 9.10. The standard InChI is InChI=1S/C23H22BrFN2O4S/c1-27(32(29,30)19-6-4-3-5-7-19)22(16-8-11-18(31-2)12-9-16)15-23(28)26-21-13-10-17(24)14-20(21)25/h3-14,22H,15H2,1-2H3,(H,26,28)/t22-/m1/s1. The number of ether oxygens (including phenoxy) is 1. The number of amides is 1. The number of carbonyl (C=O) groups excluding carboxylic acids is 1. The van der Waals surface area contributed by atoms with Gasteiger partial charge in [-0.25, -0.2) is 12.8 Å². The predicted octanol–water partition coefficient (Wildman–Crippen LogP) is 4.99. The Balaban J connectivity index is 1.92. The lowest BCUT2D eigenvalue weighted by Crippen LogP contribution is -2.34. The molecule has 3 aromatic rings. The van der Waals surface area contributed by atoms with Crippen LogP contribution in [0.1, 0.15) is 18.0 Å². The van der Waals surface area contributed by atoms with Crippen molar-refractivity contribution in [3.63, 3.8) is 0 Å². The van der Waals surface area contributed by atoms with Crippen molar-refractivity contribution < 1.29 is 22.3 Å². The van der Waals surface area contributed by atoms with E-state index in [0.29, 0.717) is 15.8 Å². The molecule has 0 aliphatic carbocycles. The molecule has 0 fully saturated rings. The average Bonchev–Trinajstić information content (AvgIpc) is 2.79. The van der Waals surface area contributed by atoms with Gasteiger partial charge in [0.2, 0.25) is 15.9 Å². The van der Waals surface area contributed by atoms with E-state index in [1.807, 2.05) is 0 Å². The number of halogens is 2. The highest BCUT2D eigenvalue weighted by Gasteiger charge is 2.31. The van der Waals surface area contributed by atoms with Gasteiger partial charge in [-0.05, 0) is 48.0 Å². The summed E-state index contributed by atoms with van der Waals surface area (Å²) in [7, 11) is -0.945. The predicted molar refractivity (Wildman–Crippen MR) is 124 cm³/mol. The van der Waals surface area contributed by atoms with Gasteiger partial charge >= 0.3 is 0 Å². The van der Waals surface area contributed by atoms with Gasteiger partial charge in [-0.1, -0.05) is 46.3 Å². The summed E-state index contributed by atoms with van der Waals surface area (Å²) in [6.07, 6.45) is -0.218. The Bertz CT molecular complexity index is 1190. The molecule has 0 unspecified atom stereocenters. The van der Waals surface area contributed by atoms with Gasteiger partial charge in [-0.15, -0.1) is 0 Å². The first-order valence-electron chi connectivity index (χ1n) is 9.64. The molecule has 6 nitrogen and oxygen atoms in total. The molecule has 0 saturated carbocycles. The van der Waals surface area contributed by atoms with E-state index < -0.39 is 27.8 Å². The third-order valence-corrected chi connectivity index (χ3v) is 7.32. The van der Waals surface area contributed by atoms with E-state index in [9.17, 15) is 17.6 Å². The zero-order valence-corrected chi connectivity index (χ0v) is 19.9. The fourth-order valence-corrected chi connectivity index (χ4v) is 4.87. The summed E-state index contributed by atoms with van der Waals surface area (Å²) in [5.41, 5.74) is 0.611. The first-order chi connectivity index (χ1) is 15.2. The van der Waals surface area contributed by atoms with Crippen molar-refractivity contribution in [2.24, 2.45) is 0 Å². The minimum absolute atomic E-state index is 0.0141. The largest absolute Gasteiger partial charge is 0.497 e. The first kappa shape index (κ1) is 23.9. The van der Waals surface area contributed by atoms with Gasteiger partial charge in [0.15, 0.2) is 0 Å². The van der Waals surface area contributed by atoms with E-state index >= 15 is 0 Å². The normalized spacial score (nSPS) is 12.4. The van der Waals surface area contributed by atoms with Gasteiger partial charge in [0, 0.05) is 17.9 Å². The second kappa shape index (κ2) is 10.2. The van der Waals surface area contributed by atoms with Crippen molar-refractivity contribution in [1.82, 2.24) is 4.31 Å². The maximum Gasteiger partial charge on any atom is 0.243 e. The van der Waals surface area contributed by atoms with Gasteiger partial charge in [0.25, 0.3) is 0 Å². The molecule has 9 heteroatoms. The maximum absolute atomic E-state index is 14.2. The van der Waals surface area contributed by atoms with Gasteiger partial charge in [0.05, 0.1) is 23.7 Å². The fourth-order valence-electron chi connectivity index (χ4n) is 3.18. The minimum Gasteiger partial charge on any atom is -0.497 e. The Labute approximate surface area is 195 Å². The van der Waals surface area contributed by atoms with Crippen molar-refractivity contribution in [1.29, 1.82) is 0 Å². The summed E-state index contributed by atoms with van der Waals surface area (Å²) < 4.78 is 47.4. The third kappa shape index (κ3) is 5.53. The number of hydrogen-bond acceptors (Lipinski definition) is 4. The molecule has 0 aromatic heterocycles. The summed E-state index contributed by atoms with van der Waals surface area (Å²) in [5.74, 6) is -0.524. The number of methoxy groups -OCH3 is 1. The zero-order valence-electron chi connectivity index (χ0n) is 17.5. The molecule has 0 aliphatic heterocycles. The van der Waals surface area contributed by atoms with Crippen LogP contribution in [0.25, 0.3) is 0 Å². The van der Waals surface area contributed by atoms with Gasteiger partial charge in [-0.3, -0.25) is 4.79 Å². The van der Waals surface area contributed by atoms with E-state index in [0.717, 1.165) is 4.31 Å². The molecule has 1 atom stereocenters. The second-order valence-electron chi connectivity index (χ2n) is 7.00. The van der Waals surface area contributed by atoms with Crippen LogP contribution in [0.15, 0.2) is 82.2 Å². The maximum atomic E-state index is 14.2. The number of nitrogens with zero attached hydrogens (tertiary/aromatic N) is 1. The molecule has 0 spiro atoms. The molecule has 168 valence electrons. The number of hydrogen-bond donors (Lipinski definition) is 1. The number of anilines is 1. The molecule has 0 radical (unpaired) electrons. The van der Waals surface area contributed by atoms with Gasteiger partial charge in [0.1, 0.15) is 11.6 Å². The van der Waals surface area contributed by atoms with Crippen LogP contribution in [0.4, 0.5) is 10.1 Å². The number of benzene rings is 3. The topological polar surface area (TPSA) is 75.7 Å². The van der Waals surface area contributed by atoms with Crippen molar-refractivity contribution in [2.75, 3.05) is 19.5 Å². The third-order valence-electron chi connectivity index (χ3n) is 4.94. The molecule has 0 heterocycles. The molecule has 1 N–H and O–H groups in total. The quantitative estimate of drug-likeness (QED) is 0.454. The Kier molecular flexibility index (Phi) is 7.65. The van der Waals surface area contributed by atoms with E-state index in [1.54, 1.807) is 48.5 Å². The molecule has 32 heavy (non-hydrogen) atoms. The molecule has 1 amide bonds. The molecule has 0 saturated heterocycles. The summed E-state index contributed by atoms with van der Waals surface area (Å²) in [4.78, 5) is 12.9. The summed E-state index contributed by atoms with van der Waals surface area (Å²) in [6, 6.07) is 18.2. The summed E-state index contributed by atoms with van der Waals surface area (Å²) in [6.45, 7) is 0. The van der Waals surface area contributed by atoms with Crippen LogP contribution in [0.3, 0.4) is 0 Å². The number of carbonyl (C=O) groups is 1. The van der Waals surface area contributed by atoms with Gasteiger partial charge in [-0.2, -0.15) is 4.31 Å². The lowest BCUT2D eigenvalue weighted by Gasteiger charge is -2.28. The first-order valence-corrected chi connectivity index (χ1v) is 11.9. The highest BCUT2D eigenvalue weighted by atomic mass is 79.9. The number of rotatable bonds is 8. The lowest BCUT2D eigenvalue weighted by molar-refractivity contribution is -0.117. The smallest absolute Gasteiger partial charge is 0.243 e. The van der Waals surface area contributed by atoms with Crippen LogP contribution in [0.5, 0.6) is 5.75 Å². The van der Waals surface area contributed by atoms with Crippen LogP contribution in [0.2, 0.25) is 0 Å². The highest BCUT2D eigenvalue weighted by Crippen LogP contribution is 2.31. The Hall–Kier alpha value is -2.75. The zero-order chi connectivity index (χ0) is 23.3. The molecular weight excluding hydrogens is 499 g/mol. The lowest BCUT2D eigenvalue weighted by atomic mass is 10.0. The van der Waals surface area contributed by atoms with Crippen LogP contribution in [-0.4, -0.2) is 32.8 Å². The van der Waals surface area contributed by atoms with Crippen LogP contribution in [0, 0.1) is 5.82 Å². The van der Waals surface area contributed by atoms with Crippen molar-refractivity contribution in [2.45, 2.75) is 17.4 Å². The van der Waals surface area contributed by atoms with Crippen molar-refractivity contribution >= 4 is 37.5 Å². The average molecular weight is 521 g/mol. The monoisotopic (exact) mass is 520 g/mol. The molecule has 3 aromatic carbocycles. The van der Waals surface area contributed by atoms with Crippen molar-refractivity contribution in [3.8, 4) is 5.75 Å². The second-order valence-corrected chi connectivity index (χ2v) is 9.91. The van der Waals surface area contributed by atoms with E-state index in [1.165, 1.54) is 38.4 Å². The van der Waals surface area contributed by atoms with Crippen LogP contribution in [-0.2, 0) is 14.8 Å². The molecule has 0 aliphatic rings. The van der Waals surface area contributed by atoms with E-state index in [-0.39, 0.29) is 17.0 Å². The van der Waals surface area contributed by atoms with Crippen molar-refractivity contribution in [3.05, 3.63) is 88.6 Å². The molecule has 3 rings (SSSR count). The molecular formula is C23H22BrFN2O4S. The fraction of sp³-hybridized carbons (Fsp3) is 0.174. The van der Waals surface area contributed by atoms with Gasteiger partial charge < -0.3 is 10.1 Å². The van der Waals surface area contributed by atoms with E-state index in [4.69, 9.17) is 4.74 Å². The van der Waals surface area contributed by atoms with E-state index in [2.05, 4.69) is 21.2 Å².